The molecule has 0 spiro atoms. The van der Waals surface area contributed by atoms with Crippen LogP contribution < -0.4 is 4.72 Å². The maximum absolute atomic E-state index is 12.4. The third-order valence-electron chi connectivity index (χ3n) is 4.13. The summed E-state index contributed by atoms with van der Waals surface area (Å²) < 4.78 is 32.8. The summed E-state index contributed by atoms with van der Waals surface area (Å²) in [5, 5.41) is 0. The van der Waals surface area contributed by atoms with Crippen molar-refractivity contribution in [2.75, 3.05) is 0 Å². The van der Waals surface area contributed by atoms with Crippen molar-refractivity contribution in [3.05, 3.63) is 35.3 Å². The molecule has 0 aromatic heterocycles. The van der Waals surface area contributed by atoms with E-state index in [1.54, 1.807) is 18.2 Å². The number of ether oxygens (including phenoxy) is 1. The lowest BCUT2D eigenvalue weighted by molar-refractivity contribution is -0.143. The average Bonchev–Trinajstić information content (AvgIpc) is 2.47. The second-order valence-corrected chi connectivity index (χ2v) is 7.44. The van der Waals surface area contributed by atoms with Crippen molar-refractivity contribution >= 4 is 16.0 Å². The molecule has 0 amide bonds. The Morgan fingerprint density at radius 3 is 2.62 bits per heavy atom. The summed E-state index contributed by atoms with van der Waals surface area (Å²) in [5.41, 5.74) is 0. The number of sulfonamides is 1. The summed E-state index contributed by atoms with van der Waals surface area (Å²) in [4.78, 5) is 11.4. The van der Waals surface area contributed by atoms with Gasteiger partial charge in [-0.1, -0.05) is 31.4 Å². The molecule has 1 saturated carbocycles. The summed E-state index contributed by atoms with van der Waals surface area (Å²) in [5.74, 6) is -0.591. The van der Waals surface area contributed by atoms with Crippen LogP contribution >= 0.6 is 0 Å². The van der Waals surface area contributed by atoms with E-state index in [1.807, 2.05) is 0 Å². The fourth-order valence-corrected chi connectivity index (χ4v) is 4.40. The first-order valence-corrected chi connectivity index (χ1v) is 8.84. The number of nitrogens with one attached hydrogen (secondary N) is 1. The van der Waals surface area contributed by atoms with Gasteiger partial charge in [0.1, 0.15) is 6.10 Å². The summed E-state index contributed by atoms with van der Waals surface area (Å²) in [6, 6.07) is 0.0375. The number of allylic oxidation sites excluding steroid dienone is 1. The topological polar surface area (TPSA) is 72.5 Å². The Hall–Kier alpha value is -1.40. The van der Waals surface area contributed by atoms with Crippen LogP contribution in [0.4, 0.5) is 0 Å². The van der Waals surface area contributed by atoms with Crippen LogP contribution in [-0.2, 0) is 19.6 Å². The smallest absolute Gasteiger partial charge is 0.331 e. The molecular formula is C15H19NO4S. The van der Waals surface area contributed by atoms with Crippen molar-refractivity contribution in [2.45, 2.75) is 44.2 Å². The SMILES string of the molecule is O=C1C=C[C@H]2C=C(S(=O)(=O)NC3CCCCC3)C=C[C@@H]2O1. The summed E-state index contributed by atoms with van der Waals surface area (Å²) >= 11 is 0. The lowest BCUT2D eigenvalue weighted by Gasteiger charge is -2.27. The first-order chi connectivity index (χ1) is 10.0. The highest BCUT2D eigenvalue weighted by atomic mass is 32.2. The van der Waals surface area contributed by atoms with Gasteiger partial charge in [-0.05, 0) is 25.0 Å². The zero-order valence-corrected chi connectivity index (χ0v) is 12.5. The summed E-state index contributed by atoms with van der Waals surface area (Å²) in [6.07, 6.45) is 12.6. The van der Waals surface area contributed by atoms with E-state index in [0.29, 0.717) is 0 Å². The van der Waals surface area contributed by atoms with Gasteiger partial charge in [0, 0.05) is 18.0 Å². The molecule has 1 fully saturated rings. The number of carbonyl (C=O) groups excluding carboxylic acids is 1. The number of hydrogen-bond donors (Lipinski definition) is 1. The maximum Gasteiger partial charge on any atom is 0.331 e. The molecule has 114 valence electrons. The van der Waals surface area contributed by atoms with Gasteiger partial charge in [0.25, 0.3) is 0 Å². The molecule has 0 aromatic rings. The van der Waals surface area contributed by atoms with Gasteiger partial charge in [-0.15, -0.1) is 0 Å². The summed E-state index contributed by atoms with van der Waals surface area (Å²) in [6.45, 7) is 0. The van der Waals surface area contributed by atoms with Crippen molar-refractivity contribution in [3.8, 4) is 0 Å². The number of fused-ring (bicyclic) bond motifs is 1. The Morgan fingerprint density at radius 1 is 1.10 bits per heavy atom. The first-order valence-electron chi connectivity index (χ1n) is 7.36. The lowest BCUT2D eigenvalue weighted by atomic mass is 9.95. The molecule has 2 atom stereocenters. The second kappa shape index (κ2) is 5.77. The summed E-state index contributed by atoms with van der Waals surface area (Å²) in [7, 11) is -3.50. The fourth-order valence-electron chi connectivity index (χ4n) is 2.99. The fraction of sp³-hybridized carbons (Fsp3) is 0.533. The number of carbonyl (C=O) groups is 1. The van der Waals surface area contributed by atoms with Crippen LogP contribution in [0.5, 0.6) is 0 Å². The molecule has 6 heteroatoms. The Balaban J connectivity index is 1.75. The highest BCUT2D eigenvalue weighted by molar-refractivity contribution is 7.93. The standard InChI is InChI=1S/C15H19NO4S/c17-15-9-6-11-10-13(7-8-14(11)20-15)21(18,19)16-12-4-2-1-3-5-12/h6-12,14,16H,1-5H2/t11-,14-/m0/s1. The van der Waals surface area contributed by atoms with E-state index in [0.717, 1.165) is 25.7 Å². The molecule has 0 unspecified atom stereocenters. The number of rotatable bonds is 3. The average molecular weight is 309 g/mol. The van der Waals surface area contributed by atoms with Crippen LogP contribution in [0.2, 0.25) is 0 Å². The van der Waals surface area contributed by atoms with Crippen LogP contribution in [0.1, 0.15) is 32.1 Å². The zero-order valence-electron chi connectivity index (χ0n) is 11.7. The van der Waals surface area contributed by atoms with Crippen molar-refractivity contribution in [1.82, 2.24) is 4.72 Å². The van der Waals surface area contributed by atoms with E-state index in [4.69, 9.17) is 4.74 Å². The van der Waals surface area contributed by atoms with Gasteiger partial charge < -0.3 is 4.74 Å². The Morgan fingerprint density at radius 2 is 1.86 bits per heavy atom. The van der Waals surface area contributed by atoms with Gasteiger partial charge in [0.15, 0.2) is 0 Å². The second-order valence-electron chi connectivity index (χ2n) is 5.72. The van der Waals surface area contributed by atoms with E-state index in [9.17, 15) is 13.2 Å². The molecule has 3 rings (SSSR count). The lowest BCUT2D eigenvalue weighted by Crippen LogP contribution is -2.37. The predicted octanol–water partition coefficient (Wildman–Crippen LogP) is 1.79. The highest BCUT2D eigenvalue weighted by Gasteiger charge is 2.30. The normalized spacial score (nSPS) is 29.7. The highest BCUT2D eigenvalue weighted by Crippen LogP contribution is 2.27. The van der Waals surface area contributed by atoms with E-state index < -0.39 is 16.1 Å². The van der Waals surface area contributed by atoms with Crippen LogP contribution in [0.3, 0.4) is 0 Å². The van der Waals surface area contributed by atoms with Crippen molar-refractivity contribution in [1.29, 1.82) is 0 Å². The zero-order chi connectivity index (χ0) is 14.9. The van der Waals surface area contributed by atoms with Crippen molar-refractivity contribution in [3.63, 3.8) is 0 Å². The molecule has 21 heavy (non-hydrogen) atoms. The third-order valence-corrected chi connectivity index (χ3v) is 5.67. The predicted molar refractivity (Wildman–Crippen MR) is 78.7 cm³/mol. The molecule has 0 radical (unpaired) electrons. The van der Waals surface area contributed by atoms with Gasteiger partial charge in [-0.25, -0.2) is 17.9 Å². The monoisotopic (exact) mass is 309 g/mol. The largest absolute Gasteiger partial charge is 0.454 e. The molecule has 1 heterocycles. The quantitative estimate of drug-likeness (QED) is 0.807. The first kappa shape index (κ1) is 14.5. The Kier molecular flexibility index (Phi) is 3.99. The van der Waals surface area contributed by atoms with Gasteiger partial charge in [-0.3, -0.25) is 0 Å². The molecule has 3 aliphatic rings. The van der Waals surface area contributed by atoms with Crippen LogP contribution in [-0.4, -0.2) is 26.5 Å². The molecule has 0 aromatic carbocycles. The Labute approximate surface area is 124 Å². The van der Waals surface area contributed by atoms with Gasteiger partial charge in [0.2, 0.25) is 10.0 Å². The van der Waals surface area contributed by atoms with Gasteiger partial charge in [-0.2, -0.15) is 0 Å². The van der Waals surface area contributed by atoms with E-state index in [2.05, 4.69) is 4.72 Å². The minimum atomic E-state index is -3.50. The number of esters is 1. The molecular weight excluding hydrogens is 290 g/mol. The molecule has 0 bridgehead atoms. The van der Waals surface area contributed by atoms with Crippen molar-refractivity contribution < 1.29 is 17.9 Å². The molecule has 0 saturated heterocycles. The van der Waals surface area contributed by atoms with Gasteiger partial charge in [0.05, 0.1) is 4.91 Å². The maximum atomic E-state index is 12.4. The van der Waals surface area contributed by atoms with Crippen molar-refractivity contribution in [2.24, 2.45) is 5.92 Å². The van der Waals surface area contributed by atoms with Gasteiger partial charge >= 0.3 is 5.97 Å². The van der Waals surface area contributed by atoms with Crippen LogP contribution in [0.15, 0.2) is 35.3 Å². The van der Waals surface area contributed by atoms with Crippen LogP contribution in [0.25, 0.3) is 0 Å². The van der Waals surface area contributed by atoms with Crippen LogP contribution in [0, 0.1) is 5.92 Å². The Bertz CT molecular complexity index is 612. The minimum Gasteiger partial charge on any atom is -0.454 e. The minimum absolute atomic E-state index is 0.0375. The molecule has 5 nitrogen and oxygen atoms in total. The molecule has 2 aliphatic carbocycles. The van der Waals surface area contributed by atoms with E-state index in [-0.39, 0.29) is 22.8 Å². The number of hydrogen-bond acceptors (Lipinski definition) is 4. The third kappa shape index (κ3) is 3.27. The molecule has 1 N–H and O–H groups in total. The molecule has 1 aliphatic heterocycles. The van der Waals surface area contributed by atoms with E-state index in [1.165, 1.54) is 18.6 Å². The van der Waals surface area contributed by atoms with E-state index >= 15 is 0 Å².